The fourth-order valence-electron chi connectivity index (χ4n) is 5.06. The lowest BCUT2D eigenvalue weighted by atomic mass is 10.1. The molecule has 2 N–H and O–H groups in total. The van der Waals surface area contributed by atoms with Gasteiger partial charge in [0.1, 0.15) is 24.6 Å². The Balaban J connectivity index is 1.04. The zero-order valence-electron chi connectivity index (χ0n) is 20.9. The Morgan fingerprint density at radius 1 is 1.13 bits per heavy atom. The Morgan fingerprint density at radius 3 is 2.79 bits per heavy atom. The number of benzene rings is 1. The van der Waals surface area contributed by atoms with E-state index in [1.165, 1.54) is 6.33 Å². The van der Waals surface area contributed by atoms with Gasteiger partial charge in [-0.05, 0) is 60.4 Å². The van der Waals surface area contributed by atoms with Crippen LogP contribution in [0.3, 0.4) is 0 Å². The Bertz CT molecular complexity index is 1600. The van der Waals surface area contributed by atoms with Crippen molar-refractivity contribution in [2.75, 3.05) is 28.7 Å². The van der Waals surface area contributed by atoms with Crippen LogP contribution in [0.4, 0.5) is 22.1 Å². The van der Waals surface area contributed by atoms with Gasteiger partial charge in [-0.15, -0.1) is 5.10 Å². The van der Waals surface area contributed by atoms with Crippen LogP contribution in [0, 0.1) is 5.92 Å². The number of carbonyl (C=O) groups is 2. The molecule has 2 atom stereocenters. The second-order valence-corrected chi connectivity index (χ2v) is 10.6. The summed E-state index contributed by atoms with van der Waals surface area (Å²) in [4.78, 5) is 39.8. The van der Waals surface area contributed by atoms with E-state index in [0.717, 1.165) is 30.4 Å². The smallest absolute Gasteiger partial charge is 0.414 e. The van der Waals surface area contributed by atoms with E-state index in [0.29, 0.717) is 59.4 Å². The van der Waals surface area contributed by atoms with Gasteiger partial charge in [0.25, 0.3) is 0 Å². The number of halogens is 1. The van der Waals surface area contributed by atoms with Crippen molar-refractivity contribution in [3.63, 3.8) is 0 Å². The Morgan fingerprint density at radius 2 is 2.00 bits per heavy atom. The number of aromatic nitrogens is 5. The molecular weight excluding hydrogens is 520 g/mol. The molecule has 2 aliphatic carbocycles. The molecule has 1 saturated heterocycles. The van der Waals surface area contributed by atoms with E-state index < -0.39 is 0 Å². The molecule has 0 unspecified atom stereocenters. The molecule has 3 aromatic heterocycles. The molecule has 11 nitrogen and oxygen atoms in total. The summed E-state index contributed by atoms with van der Waals surface area (Å²) in [5.41, 5.74) is 3.53. The lowest BCUT2D eigenvalue weighted by molar-refractivity contribution is -0.117. The largest absolute Gasteiger partial charge is 0.447 e. The highest BCUT2D eigenvalue weighted by Crippen LogP contribution is 2.48. The molecule has 39 heavy (non-hydrogen) atoms. The fraction of sp³-hybridized carbons (Fsp3) is 0.333. The maximum absolute atomic E-state index is 12.8. The normalized spacial score (nSPS) is 20.2. The van der Waals surface area contributed by atoms with Gasteiger partial charge in [0.15, 0.2) is 11.5 Å². The van der Waals surface area contributed by atoms with Gasteiger partial charge < -0.3 is 15.4 Å². The molecule has 0 bridgehead atoms. The number of carbonyl (C=O) groups excluding carboxylic acids is 2. The number of pyridine rings is 1. The van der Waals surface area contributed by atoms with E-state index in [9.17, 15) is 9.59 Å². The summed E-state index contributed by atoms with van der Waals surface area (Å²) in [6.07, 6.45) is 6.06. The first-order valence-electron chi connectivity index (χ1n) is 13.0. The predicted octanol–water partition coefficient (Wildman–Crippen LogP) is 4.36. The molecular formula is C27H25ClN8O3. The molecule has 3 fully saturated rings. The minimum atomic E-state index is -0.367. The quantitative estimate of drug-likeness (QED) is 0.335. The average molecular weight is 545 g/mol. The lowest BCUT2D eigenvalue weighted by Gasteiger charge is -2.14. The molecule has 1 aromatic carbocycles. The minimum absolute atomic E-state index is 0.0777. The van der Waals surface area contributed by atoms with Gasteiger partial charge in [-0.3, -0.25) is 9.69 Å². The number of hydrogen-bond acceptors (Lipinski definition) is 8. The van der Waals surface area contributed by atoms with E-state index in [2.05, 4.69) is 25.7 Å². The van der Waals surface area contributed by atoms with Crippen molar-refractivity contribution in [2.24, 2.45) is 5.92 Å². The molecule has 1 aliphatic heterocycles. The molecule has 12 heteroatoms. The molecule has 3 aliphatic rings. The molecule has 0 spiro atoms. The number of hydrogen-bond donors (Lipinski definition) is 2. The third kappa shape index (κ3) is 4.85. The van der Waals surface area contributed by atoms with Gasteiger partial charge in [-0.1, -0.05) is 23.7 Å². The monoisotopic (exact) mass is 544 g/mol. The maximum Gasteiger partial charge on any atom is 0.414 e. The highest BCUT2D eigenvalue weighted by atomic mass is 35.5. The highest BCUT2D eigenvalue weighted by molar-refractivity contribution is 6.30. The van der Waals surface area contributed by atoms with E-state index in [1.54, 1.807) is 15.5 Å². The van der Waals surface area contributed by atoms with Crippen LogP contribution in [0.15, 0.2) is 48.9 Å². The summed E-state index contributed by atoms with van der Waals surface area (Å²) in [7, 11) is 0. The fourth-order valence-corrected chi connectivity index (χ4v) is 5.26. The van der Waals surface area contributed by atoms with E-state index in [1.807, 2.05) is 36.5 Å². The zero-order valence-corrected chi connectivity index (χ0v) is 21.6. The maximum atomic E-state index is 12.8. The van der Waals surface area contributed by atoms with Crippen LogP contribution in [-0.2, 0) is 16.1 Å². The van der Waals surface area contributed by atoms with Crippen LogP contribution >= 0.6 is 11.6 Å². The molecule has 7 rings (SSSR count). The van der Waals surface area contributed by atoms with Crippen molar-refractivity contribution in [2.45, 2.75) is 37.6 Å². The second kappa shape index (κ2) is 9.49. The zero-order chi connectivity index (χ0) is 26.5. The third-order valence-electron chi connectivity index (χ3n) is 7.33. The van der Waals surface area contributed by atoms with E-state index >= 15 is 0 Å². The van der Waals surface area contributed by atoms with E-state index in [4.69, 9.17) is 21.3 Å². The van der Waals surface area contributed by atoms with Crippen molar-refractivity contribution in [1.82, 2.24) is 24.6 Å². The summed E-state index contributed by atoms with van der Waals surface area (Å²) in [5, 5.41) is 11.4. The van der Waals surface area contributed by atoms with Crippen molar-refractivity contribution in [3.8, 4) is 0 Å². The standard InChI is InChI=1S/C27H25ClN8O3/c28-18-3-1-2-16(8-18)19-10-20(19)26(37)33-23-11-22(30-14-31-23)29-12-24-32-25-21(35-6-7-39-27(35)38)9-17(15-4-5-15)13-36(25)34-24/h1-3,8-9,11,13-15,19-20H,4-7,10,12H2,(H2,29,30,31,33,37)/t19-,20+/m1/s1. The SMILES string of the molecule is O=C(Nc1cc(NCc2nc3c(N4CCOC4=O)cc(C4CC4)cn3n2)ncn1)[C@H]1C[C@@H]1c1cccc(Cl)c1. The molecule has 2 saturated carbocycles. The van der Waals surface area contributed by atoms with Gasteiger partial charge >= 0.3 is 6.09 Å². The van der Waals surface area contributed by atoms with Gasteiger partial charge in [0.05, 0.1) is 18.8 Å². The molecule has 198 valence electrons. The van der Waals surface area contributed by atoms with Gasteiger partial charge in [-0.2, -0.15) is 0 Å². The van der Waals surface area contributed by atoms with Crippen LogP contribution < -0.4 is 15.5 Å². The summed E-state index contributed by atoms with van der Waals surface area (Å²) >= 11 is 6.10. The lowest BCUT2D eigenvalue weighted by Crippen LogP contribution is -2.24. The number of rotatable bonds is 8. The average Bonchev–Trinajstić information content (AvgIpc) is 3.85. The molecule has 2 amide bonds. The molecule has 4 heterocycles. The Labute approximate surface area is 228 Å². The number of nitrogens with zero attached hydrogens (tertiary/aromatic N) is 6. The number of ether oxygens (including phenoxy) is 1. The number of fused-ring (bicyclic) bond motifs is 1. The van der Waals surface area contributed by atoms with Gasteiger partial charge in [0, 0.05) is 23.2 Å². The first-order valence-corrected chi connectivity index (χ1v) is 13.4. The number of cyclic esters (lactones) is 1. The third-order valence-corrected chi connectivity index (χ3v) is 7.56. The summed E-state index contributed by atoms with van der Waals surface area (Å²) in [6, 6.07) is 11.3. The number of anilines is 3. The van der Waals surface area contributed by atoms with Crippen LogP contribution in [0.2, 0.25) is 5.02 Å². The van der Waals surface area contributed by atoms with Crippen LogP contribution in [-0.4, -0.2) is 49.7 Å². The molecule has 0 radical (unpaired) electrons. The number of nitrogens with one attached hydrogen (secondary N) is 2. The molecule has 4 aromatic rings. The van der Waals surface area contributed by atoms with Gasteiger partial charge in [-0.25, -0.2) is 24.3 Å². The highest BCUT2D eigenvalue weighted by Gasteiger charge is 2.44. The van der Waals surface area contributed by atoms with Crippen LogP contribution in [0.5, 0.6) is 0 Å². The summed E-state index contributed by atoms with van der Waals surface area (Å²) in [6.45, 7) is 1.14. The van der Waals surface area contributed by atoms with Crippen molar-refractivity contribution in [3.05, 3.63) is 70.9 Å². The topological polar surface area (TPSA) is 127 Å². The summed E-state index contributed by atoms with van der Waals surface area (Å²) in [5.74, 6) is 1.96. The predicted molar refractivity (Wildman–Crippen MR) is 144 cm³/mol. The second-order valence-electron chi connectivity index (χ2n) is 10.1. The Kier molecular flexibility index (Phi) is 5.80. The van der Waals surface area contributed by atoms with E-state index in [-0.39, 0.29) is 23.8 Å². The van der Waals surface area contributed by atoms with Crippen LogP contribution in [0.1, 0.15) is 48.0 Å². The first-order chi connectivity index (χ1) is 19.0. The van der Waals surface area contributed by atoms with Crippen molar-refractivity contribution < 1.29 is 14.3 Å². The first kappa shape index (κ1) is 23.8. The van der Waals surface area contributed by atoms with Crippen LogP contribution in [0.25, 0.3) is 5.65 Å². The van der Waals surface area contributed by atoms with Crippen molar-refractivity contribution in [1.29, 1.82) is 0 Å². The Hall–Kier alpha value is -4.25. The van der Waals surface area contributed by atoms with Crippen molar-refractivity contribution >= 4 is 46.6 Å². The minimum Gasteiger partial charge on any atom is -0.447 e. The summed E-state index contributed by atoms with van der Waals surface area (Å²) < 4.78 is 6.89. The number of amides is 2. The van der Waals surface area contributed by atoms with Gasteiger partial charge in [0.2, 0.25) is 5.91 Å².